The van der Waals surface area contributed by atoms with Crippen LogP contribution in [0, 0.1) is 5.82 Å². The maximum absolute atomic E-state index is 12.7. The van der Waals surface area contributed by atoms with Gasteiger partial charge in [-0.2, -0.15) is 0 Å². The van der Waals surface area contributed by atoms with Gasteiger partial charge in [0.05, 0.1) is 26.4 Å². The van der Waals surface area contributed by atoms with Gasteiger partial charge in [0, 0.05) is 0 Å². The number of benzene rings is 1. The monoisotopic (exact) mass is 268 g/mol. The molecule has 0 atom stereocenters. The Balaban J connectivity index is 1.49. The maximum Gasteiger partial charge on any atom is 0.123 e. The molecule has 0 saturated carbocycles. The van der Waals surface area contributed by atoms with Crippen LogP contribution in [-0.2, 0) is 4.74 Å². The second kappa shape index (κ2) is 8.12. The van der Waals surface area contributed by atoms with E-state index in [0.29, 0.717) is 6.61 Å². The van der Waals surface area contributed by atoms with Gasteiger partial charge < -0.3 is 14.4 Å². The summed E-state index contributed by atoms with van der Waals surface area (Å²) in [7, 11) is 0. The summed E-state index contributed by atoms with van der Waals surface area (Å²) in [5.74, 6) is 0.529. The normalized spacial score (nSPS) is 16.5. The number of unbranched alkanes of at least 4 members (excludes halogenated alkanes) is 2. The molecule has 1 saturated heterocycles. The first-order valence-corrected chi connectivity index (χ1v) is 7.14. The highest BCUT2D eigenvalue weighted by atomic mass is 19.1. The minimum absolute atomic E-state index is 0.221. The van der Waals surface area contributed by atoms with Crippen molar-refractivity contribution in [2.75, 3.05) is 39.5 Å². The van der Waals surface area contributed by atoms with E-state index in [1.807, 2.05) is 0 Å². The number of hydrogen-bond acceptors (Lipinski definition) is 2. The molecule has 0 radical (unpaired) electrons. The van der Waals surface area contributed by atoms with Gasteiger partial charge in [0.15, 0.2) is 0 Å². The van der Waals surface area contributed by atoms with Crippen molar-refractivity contribution in [1.29, 1.82) is 0 Å². The quantitative estimate of drug-likeness (QED) is 0.753. The Bertz CT molecular complexity index is 350. The zero-order valence-electron chi connectivity index (χ0n) is 11.4. The first kappa shape index (κ1) is 14.3. The highest BCUT2D eigenvalue weighted by Crippen LogP contribution is 2.11. The number of ether oxygens (including phenoxy) is 2. The van der Waals surface area contributed by atoms with Crippen LogP contribution in [0.15, 0.2) is 24.3 Å². The minimum Gasteiger partial charge on any atom is -0.494 e. The molecule has 106 valence electrons. The maximum atomic E-state index is 12.7. The SMILES string of the molecule is Fc1ccc(OCCCCC[NH+]2CCOCC2)cc1. The van der Waals surface area contributed by atoms with E-state index in [4.69, 9.17) is 9.47 Å². The van der Waals surface area contributed by atoms with Crippen molar-refractivity contribution in [3.8, 4) is 5.75 Å². The van der Waals surface area contributed by atoms with E-state index >= 15 is 0 Å². The lowest BCUT2D eigenvalue weighted by molar-refractivity contribution is -0.908. The molecule has 2 rings (SSSR count). The molecule has 19 heavy (non-hydrogen) atoms. The van der Waals surface area contributed by atoms with Crippen LogP contribution in [0.3, 0.4) is 0 Å². The Morgan fingerprint density at radius 3 is 2.53 bits per heavy atom. The van der Waals surface area contributed by atoms with Crippen molar-refractivity contribution >= 4 is 0 Å². The van der Waals surface area contributed by atoms with E-state index in [2.05, 4.69) is 0 Å². The second-order valence-electron chi connectivity index (χ2n) is 4.98. The average molecular weight is 268 g/mol. The highest BCUT2D eigenvalue weighted by molar-refractivity contribution is 5.21. The van der Waals surface area contributed by atoms with Gasteiger partial charge in [0.25, 0.3) is 0 Å². The zero-order valence-corrected chi connectivity index (χ0v) is 11.4. The van der Waals surface area contributed by atoms with Gasteiger partial charge in [0.1, 0.15) is 24.7 Å². The molecule has 3 nitrogen and oxygen atoms in total. The average Bonchev–Trinajstić information content (AvgIpc) is 2.46. The van der Waals surface area contributed by atoms with Crippen molar-refractivity contribution in [3.63, 3.8) is 0 Å². The summed E-state index contributed by atoms with van der Waals surface area (Å²) in [4.78, 5) is 1.66. The van der Waals surface area contributed by atoms with E-state index in [-0.39, 0.29) is 5.82 Å². The lowest BCUT2D eigenvalue weighted by Gasteiger charge is -2.23. The molecule has 1 aliphatic heterocycles. The fourth-order valence-corrected chi connectivity index (χ4v) is 2.28. The van der Waals surface area contributed by atoms with E-state index in [1.54, 1.807) is 17.0 Å². The molecule has 1 N–H and O–H groups in total. The molecule has 4 heteroatoms. The fourth-order valence-electron chi connectivity index (χ4n) is 2.28. The molecule has 1 aromatic carbocycles. The van der Waals surface area contributed by atoms with E-state index in [0.717, 1.165) is 38.5 Å². The van der Waals surface area contributed by atoms with E-state index < -0.39 is 0 Å². The standard InChI is InChI=1S/C15H22FNO2/c16-14-4-6-15(7-5-14)19-11-3-1-2-8-17-9-12-18-13-10-17/h4-7H,1-3,8-13H2/p+1. The van der Waals surface area contributed by atoms with Crippen LogP contribution in [0.25, 0.3) is 0 Å². The molecule has 0 spiro atoms. The second-order valence-corrected chi connectivity index (χ2v) is 4.98. The molecule has 0 amide bonds. The summed E-state index contributed by atoms with van der Waals surface area (Å²) in [6, 6.07) is 6.20. The molecule has 0 aliphatic carbocycles. The summed E-state index contributed by atoms with van der Waals surface area (Å²) in [5.41, 5.74) is 0. The largest absolute Gasteiger partial charge is 0.494 e. The molecule has 1 heterocycles. The number of hydrogen-bond donors (Lipinski definition) is 1. The molecule has 0 aromatic heterocycles. The van der Waals surface area contributed by atoms with Crippen molar-refractivity contribution in [3.05, 3.63) is 30.1 Å². The predicted molar refractivity (Wildman–Crippen MR) is 72.1 cm³/mol. The van der Waals surface area contributed by atoms with Crippen molar-refractivity contribution in [2.24, 2.45) is 0 Å². The Labute approximate surface area is 114 Å². The summed E-state index contributed by atoms with van der Waals surface area (Å²) >= 11 is 0. The van der Waals surface area contributed by atoms with Crippen molar-refractivity contribution < 1.29 is 18.8 Å². The van der Waals surface area contributed by atoms with Gasteiger partial charge in [-0.05, 0) is 43.5 Å². The molecular formula is C15H23FNO2+. The molecule has 1 aliphatic rings. The van der Waals surface area contributed by atoms with Gasteiger partial charge in [-0.1, -0.05) is 0 Å². The van der Waals surface area contributed by atoms with E-state index in [9.17, 15) is 4.39 Å². The Morgan fingerprint density at radius 1 is 1.05 bits per heavy atom. The molecule has 0 unspecified atom stereocenters. The summed E-state index contributed by atoms with van der Waals surface area (Å²) in [6.07, 6.45) is 3.48. The zero-order chi connectivity index (χ0) is 13.3. The van der Waals surface area contributed by atoms with Crippen LogP contribution in [0.5, 0.6) is 5.75 Å². The number of halogens is 1. The first-order valence-electron chi connectivity index (χ1n) is 7.14. The van der Waals surface area contributed by atoms with Crippen LogP contribution >= 0.6 is 0 Å². The van der Waals surface area contributed by atoms with Crippen LogP contribution in [0.1, 0.15) is 19.3 Å². The molecule has 0 bridgehead atoms. The Morgan fingerprint density at radius 2 is 1.79 bits per heavy atom. The predicted octanol–water partition coefficient (Wildman–Crippen LogP) is 1.29. The highest BCUT2D eigenvalue weighted by Gasteiger charge is 2.12. The van der Waals surface area contributed by atoms with Gasteiger partial charge in [-0.3, -0.25) is 0 Å². The van der Waals surface area contributed by atoms with Crippen molar-refractivity contribution in [2.45, 2.75) is 19.3 Å². The van der Waals surface area contributed by atoms with Gasteiger partial charge in [-0.15, -0.1) is 0 Å². The third-order valence-electron chi connectivity index (χ3n) is 3.46. The summed E-state index contributed by atoms with van der Waals surface area (Å²) in [5, 5.41) is 0. The Hall–Kier alpha value is -1.13. The minimum atomic E-state index is -0.221. The van der Waals surface area contributed by atoms with Gasteiger partial charge >= 0.3 is 0 Å². The number of nitrogens with one attached hydrogen (secondary N) is 1. The summed E-state index contributed by atoms with van der Waals surface area (Å²) < 4.78 is 23.6. The van der Waals surface area contributed by atoms with Gasteiger partial charge in [-0.25, -0.2) is 4.39 Å². The molecule has 1 aromatic rings. The fraction of sp³-hybridized carbons (Fsp3) is 0.600. The van der Waals surface area contributed by atoms with Crippen LogP contribution in [0.4, 0.5) is 4.39 Å². The Kier molecular flexibility index (Phi) is 6.11. The third-order valence-corrected chi connectivity index (χ3v) is 3.46. The summed E-state index contributed by atoms with van der Waals surface area (Å²) in [6.45, 7) is 6.05. The number of rotatable bonds is 7. The number of quaternary nitrogens is 1. The van der Waals surface area contributed by atoms with Gasteiger partial charge in [0.2, 0.25) is 0 Å². The number of morpholine rings is 1. The topological polar surface area (TPSA) is 22.9 Å². The third kappa shape index (κ3) is 5.57. The van der Waals surface area contributed by atoms with Crippen LogP contribution in [-0.4, -0.2) is 39.5 Å². The van der Waals surface area contributed by atoms with Crippen LogP contribution < -0.4 is 9.64 Å². The molecule has 1 fully saturated rings. The van der Waals surface area contributed by atoms with Crippen molar-refractivity contribution in [1.82, 2.24) is 0 Å². The smallest absolute Gasteiger partial charge is 0.123 e. The van der Waals surface area contributed by atoms with Crippen LogP contribution in [0.2, 0.25) is 0 Å². The molecular weight excluding hydrogens is 245 g/mol. The first-order chi connectivity index (χ1) is 9.34. The lowest BCUT2D eigenvalue weighted by atomic mass is 10.2. The van der Waals surface area contributed by atoms with E-state index in [1.165, 1.54) is 31.5 Å². The lowest BCUT2D eigenvalue weighted by Crippen LogP contribution is -3.14.